The van der Waals surface area contributed by atoms with Gasteiger partial charge in [0.2, 0.25) is 5.88 Å². The van der Waals surface area contributed by atoms with E-state index >= 15 is 0 Å². The Bertz CT molecular complexity index is 1480. The Hall–Kier alpha value is -4.46. The first-order valence-electron chi connectivity index (χ1n) is 12.6. The fourth-order valence-corrected chi connectivity index (χ4v) is 4.76. The molecule has 37 heavy (non-hydrogen) atoms. The molecule has 1 saturated carbocycles. The summed E-state index contributed by atoms with van der Waals surface area (Å²) in [5.41, 5.74) is 3.28. The molecular formula is C29H28N6O2. The lowest BCUT2D eigenvalue weighted by atomic mass is 9.95. The number of nitrogens with zero attached hydrogens (tertiary/aromatic N) is 5. The van der Waals surface area contributed by atoms with Gasteiger partial charge in [0, 0.05) is 29.6 Å². The predicted octanol–water partition coefficient (Wildman–Crippen LogP) is 6.94. The summed E-state index contributed by atoms with van der Waals surface area (Å²) in [6.07, 6.45) is 9.67. The number of para-hydroxylation sites is 1. The third kappa shape index (κ3) is 4.95. The number of methoxy groups -OCH3 is 1. The molecule has 3 heterocycles. The second-order valence-corrected chi connectivity index (χ2v) is 9.17. The van der Waals surface area contributed by atoms with Crippen LogP contribution < -0.4 is 14.8 Å². The summed E-state index contributed by atoms with van der Waals surface area (Å²) in [6, 6.07) is 21.7. The predicted molar refractivity (Wildman–Crippen MR) is 143 cm³/mol. The summed E-state index contributed by atoms with van der Waals surface area (Å²) in [4.78, 5) is 18.9. The molecule has 8 heteroatoms. The number of nitrogens with one attached hydrogen (secondary N) is 1. The smallest absolute Gasteiger partial charge is 0.212 e. The Balaban J connectivity index is 1.35. The number of fused-ring (bicyclic) bond motifs is 1. The van der Waals surface area contributed by atoms with Gasteiger partial charge >= 0.3 is 0 Å². The van der Waals surface area contributed by atoms with Crippen molar-refractivity contribution in [1.82, 2.24) is 24.5 Å². The third-order valence-corrected chi connectivity index (χ3v) is 6.69. The van der Waals surface area contributed by atoms with Crippen molar-refractivity contribution in [2.24, 2.45) is 0 Å². The Morgan fingerprint density at radius 1 is 0.838 bits per heavy atom. The highest BCUT2D eigenvalue weighted by molar-refractivity contribution is 5.87. The fourth-order valence-electron chi connectivity index (χ4n) is 4.76. The largest absolute Gasteiger partial charge is 0.481 e. The van der Waals surface area contributed by atoms with Crippen molar-refractivity contribution in [2.75, 3.05) is 12.4 Å². The zero-order chi connectivity index (χ0) is 25.0. The first-order valence-corrected chi connectivity index (χ1v) is 12.6. The van der Waals surface area contributed by atoms with Crippen LogP contribution in [0.4, 0.5) is 11.5 Å². The van der Waals surface area contributed by atoms with Crippen LogP contribution in [0.3, 0.4) is 0 Å². The van der Waals surface area contributed by atoms with Crippen molar-refractivity contribution in [3.63, 3.8) is 0 Å². The first kappa shape index (κ1) is 23.0. The average molecular weight is 493 g/mol. The van der Waals surface area contributed by atoms with Crippen LogP contribution in [-0.2, 0) is 0 Å². The van der Waals surface area contributed by atoms with Crippen molar-refractivity contribution in [3.8, 4) is 28.8 Å². The van der Waals surface area contributed by atoms with Gasteiger partial charge < -0.3 is 19.4 Å². The Labute approximate surface area is 215 Å². The van der Waals surface area contributed by atoms with Gasteiger partial charge in [-0.25, -0.2) is 19.9 Å². The summed E-state index contributed by atoms with van der Waals surface area (Å²) >= 11 is 0. The van der Waals surface area contributed by atoms with Crippen LogP contribution in [0.5, 0.6) is 17.4 Å². The van der Waals surface area contributed by atoms with E-state index in [4.69, 9.17) is 24.4 Å². The summed E-state index contributed by atoms with van der Waals surface area (Å²) in [7, 11) is 1.60. The SMILES string of the molecule is COc1ccc(-c2nc(Nc3ccc(Oc4ccccc4)cc3)c3ncn(C4CCCCC4)c3n2)cn1. The molecule has 0 radical (unpaired) electrons. The van der Waals surface area contributed by atoms with E-state index in [0.29, 0.717) is 23.6 Å². The maximum absolute atomic E-state index is 5.93. The minimum absolute atomic E-state index is 0.401. The van der Waals surface area contributed by atoms with E-state index in [-0.39, 0.29) is 0 Å². The van der Waals surface area contributed by atoms with E-state index in [1.54, 1.807) is 13.3 Å². The summed E-state index contributed by atoms with van der Waals surface area (Å²) < 4.78 is 13.4. The van der Waals surface area contributed by atoms with Gasteiger partial charge in [0.25, 0.3) is 0 Å². The molecule has 3 aromatic heterocycles. The lowest BCUT2D eigenvalue weighted by molar-refractivity contribution is 0.358. The van der Waals surface area contributed by atoms with Gasteiger partial charge in [-0.05, 0) is 55.3 Å². The molecule has 186 valence electrons. The molecule has 5 aromatic rings. The molecule has 0 bridgehead atoms. The number of anilines is 2. The van der Waals surface area contributed by atoms with E-state index in [0.717, 1.165) is 46.8 Å². The number of ether oxygens (including phenoxy) is 2. The van der Waals surface area contributed by atoms with Gasteiger partial charge in [0.1, 0.15) is 11.5 Å². The lowest BCUT2D eigenvalue weighted by Gasteiger charge is -2.23. The lowest BCUT2D eigenvalue weighted by Crippen LogP contribution is -2.12. The van der Waals surface area contributed by atoms with Crippen LogP contribution in [0.1, 0.15) is 38.1 Å². The van der Waals surface area contributed by atoms with Crippen LogP contribution in [0.2, 0.25) is 0 Å². The number of rotatable bonds is 7. The minimum atomic E-state index is 0.401. The maximum Gasteiger partial charge on any atom is 0.212 e. The van der Waals surface area contributed by atoms with Gasteiger partial charge in [0.05, 0.1) is 13.4 Å². The first-order chi connectivity index (χ1) is 18.3. The molecule has 1 N–H and O–H groups in total. The second-order valence-electron chi connectivity index (χ2n) is 9.17. The Morgan fingerprint density at radius 2 is 1.62 bits per heavy atom. The normalized spacial score (nSPS) is 14.0. The second kappa shape index (κ2) is 10.3. The molecule has 0 amide bonds. The number of benzene rings is 2. The molecule has 6 rings (SSSR count). The van der Waals surface area contributed by atoms with E-state index in [9.17, 15) is 0 Å². The van der Waals surface area contributed by atoms with Crippen molar-refractivity contribution < 1.29 is 9.47 Å². The van der Waals surface area contributed by atoms with E-state index in [1.165, 1.54) is 19.3 Å². The Kier molecular flexibility index (Phi) is 6.37. The van der Waals surface area contributed by atoms with E-state index in [1.807, 2.05) is 73.1 Å². The zero-order valence-electron chi connectivity index (χ0n) is 20.7. The molecule has 1 aliphatic carbocycles. The third-order valence-electron chi connectivity index (χ3n) is 6.69. The number of pyridine rings is 1. The number of imidazole rings is 1. The highest BCUT2D eigenvalue weighted by Gasteiger charge is 2.21. The number of hydrogen-bond donors (Lipinski definition) is 1. The van der Waals surface area contributed by atoms with Gasteiger partial charge in [-0.3, -0.25) is 0 Å². The number of aromatic nitrogens is 5. The van der Waals surface area contributed by atoms with Gasteiger partial charge in [-0.1, -0.05) is 37.5 Å². The monoisotopic (exact) mass is 492 g/mol. The summed E-state index contributed by atoms with van der Waals surface area (Å²) in [5.74, 6) is 3.35. The summed E-state index contributed by atoms with van der Waals surface area (Å²) in [6.45, 7) is 0. The van der Waals surface area contributed by atoms with Gasteiger partial charge in [-0.2, -0.15) is 0 Å². The van der Waals surface area contributed by atoms with Crippen LogP contribution in [0.25, 0.3) is 22.6 Å². The molecule has 0 atom stereocenters. The average Bonchev–Trinajstić information content (AvgIpc) is 3.40. The summed E-state index contributed by atoms with van der Waals surface area (Å²) in [5, 5.41) is 3.46. The molecule has 0 spiro atoms. The molecule has 0 saturated heterocycles. The molecular weight excluding hydrogens is 464 g/mol. The minimum Gasteiger partial charge on any atom is -0.481 e. The quantitative estimate of drug-likeness (QED) is 0.263. The van der Waals surface area contributed by atoms with Gasteiger partial charge in [0.15, 0.2) is 22.8 Å². The van der Waals surface area contributed by atoms with Crippen molar-refractivity contribution in [1.29, 1.82) is 0 Å². The van der Waals surface area contributed by atoms with E-state index < -0.39 is 0 Å². The van der Waals surface area contributed by atoms with Crippen LogP contribution in [-0.4, -0.2) is 31.6 Å². The topological polar surface area (TPSA) is 87.0 Å². The van der Waals surface area contributed by atoms with Crippen LogP contribution in [0, 0.1) is 0 Å². The van der Waals surface area contributed by atoms with Crippen molar-refractivity contribution in [2.45, 2.75) is 38.1 Å². The van der Waals surface area contributed by atoms with Gasteiger partial charge in [-0.15, -0.1) is 0 Å². The van der Waals surface area contributed by atoms with Crippen molar-refractivity contribution >= 4 is 22.7 Å². The highest BCUT2D eigenvalue weighted by atomic mass is 16.5. The van der Waals surface area contributed by atoms with Crippen molar-refractivity contribution in [3.05, 3.63) is 79.3 Å². The van der Waals surface area contributed by atoms with Crippen LogP contribution in [0.15, 0.2) is 79.3 Å². The van der Waals surface area contributed by atoms with Crippen LogP contribution >= 0.6 is 0 Å². The molecule has 8 nitrogen and oxygen atoms in total. The molecule has 2 aromatic carbocycles. The highest BCUT2D eigenvalue weighted by Crippen LogP contribution is 2.34. The maximum atomic E-state index is 5.93. The number of hydrogen-bond acceptors (Lipinski definition) is 7. The standard InChI is InChI=1S/C29H28N6O2/c1-36-25-17-12-20(18-30-25)27-33-28(26-29(34-27)35(19-31-26)22-8-4-2-5-9-22)32-21-13-15-24(16-14-21)37-23-10-6-3-7-11-23/h3,6-7,10-19,22H,2,4-5,8-9H2,1H3,(H,32,33,34). The molecule has 0 unspecified atom stereocenters. The molecule has 0 aliphatic heterocycles. The Morgan fingerprint density at radius 3 is 2.35 bits per heavy atom. The molecule has 1 fully saturated rings. The fraction of sp³-hybridized carbons (Fsp3) is 0.241. The molecule has 1 aliphatic rings. The zero-order valence-corrected chi connectivity index (χ0v) is 20.7. The van der Waals surface area contributed by atoms with E-state index in [2.05, 4.69) is 14.9 Å².